The Labute approximate surface area is 153 Å². The van der Waals surface area contributed by atoms with Crippen molar-refractivity contribution in [3.05, 3.63) is 59.8 Å². The maximum Gasteiger partial charge on any atom is 0.230 e. The van der Waals surface area contributed by atoms with E-state index in [1.807, 2.05) is 0 Å². The fourth-order valence-electron chi connectivity index (χ4n) is 2.46. The van der Waals surface area contributed by atoms with E-state index in [1.54, 1.807) is 24.3 Å². The molecule has 3 aromatic rings. The Morgan fingerprint density at radius 2 is 1.81 bits per heavy atom. The van der Waals surface area contributed by atoms with Crippen LogP contribution in [-0.2, 0) is 11.2 Å². The molecule has 27 heavy (non-hydrogen) atoms. The predicted molar refractivity (Wildman–Crippen MR) is 93.7 cm³/mol. The van der Waals surface area contributed by atoms with Crippen LogP contribution in [0.5, 0.6) is 11.5 Å². The minimum Gasteiger partial charge on any atom is -0.493 e. The topological polar surface area (TPSA) is 73.6 Å². The number of ether oxygens (including phenoxy) is 2. The Kier molecular flexibility index (Phi) is 5.35. The van der Waals surface area contributed by atoms with Gasteiger partial charge in [-0.15, -0.1) is 0 Å². The number of nitrogens with zero attached hydrogens (tertiary/aromatic N) is 1. The summed E-state index contributed by atoms with van der Waals surface area (Å²) in [5, 5.41) is 6.34. The van der Waals surface area contributed by atoms with Crippen molar-refractivity contribution in [2.45, 2.75) is 6.42 Å². The van der Waals surface area contributed by atoms with Crippen molar-refractivity contribution < 1.29 is 27.6 Å². The number of hydrogen-bond donors (Lipinski definition) is 1. The van der Waals surface area contributed by atoms with Crippen LogP contribution >= 0.6 is 0 Å². The van der Waals surface area contributed by atoms with E-state index in [9.17, 15) is 13.6 Å². The third kappa shape index (κ3) is 4.22. The van der Waals surface area contributed by atoms with Gasteiger partial charge in [-0.05, 0) is 30.3 Å². The highest BCUT2D eigenvalue weighted by Gasteiger charge is 2.14. The highest BCUT2D eigenvalue weighted by atomic mass is 19.2. The van der Waals surface area contributed by atoms with E-state index < -0.39 is 17.5 Å². The molecular weight excluding hydrogens is 358 g/mol. The molecule has 2 aromatic carbocycles. The first-order valence-electron chi connectivity index (χ1n) is 7.93. The smallest absolute Gasteiger partial charge is 0.230 e. The van der Waals surface area contributed by atoms with E-state index in [2.05, 4.69) is 10.5 Å². The Morgan fingerprint density at radius 1 is 1.04 bits per heavy atom. The molecule has 0 aliphatic rings. The second kappa shape index (κ2) is 7.86. The summed E-state index contributed by atoms with van der Waals surface area (Å²) in [7, 11) is 3.06. The maximum atomic E-state index is 13.2. The highest BCUT2D eigenvalue weighted by Crippen LogP contribution is 2.32. The van der Waals surface area contributed by atoms with Gasteiger partial charge >= 0.3 is 0 Å². The minimum absolute atomic E-state index is 0.0875. The molecule has 140 valence electrons. The maximum absolute atomic E-state index is 13.2. The Hall–Kier alpha value is -3.42. The van der Waals surface area contributed by atoms with E-state index in [0.29, 0.717) is 28.5 Å². The Balaban J connectivity index is 1.70. The molecule has 0 atom stereocenters. The lowest BCUT2D eigenvalue weighted by atomic mass is 10.1. The quantitative estimate of drug-likeness (QED) is 0.710. The van der Waals surface area contributed by atoms with Crippen molar-refractivity contribution in [2.75, 3.05) is 19.5 Å². The van der Waals surface area contributed by atoms with Gasteiger partial charge in [-0.2, -0.15) is 0 Å². The second-order valence-corrected chi connectivity index (χ2v) is 5.61. The first-order chi connectivity index (χ1) is 13.0. The van der Waals surface area contributed by atoms with Crippen LogP contribution in [0.25, 0.3) is 11.3 Å². The number of carbonyl (C=O) groups is 1. The molecule has 8 heteroatoms. The van der Waals surface area contributed by atoms with Crippen molar-refractivity contribution in [3.8, 4) is 22.8 Å². The molecule has 0 bridgehead atoms. The first-order valence-corrected chi connectivity index (χ1v) is 7.93. The third-order valence-electron chi connectivity index (χ3n) is 3.77. The summed E-state index contributed by atoms with van der Waals surface area (Å²) >= 11 is 0. The van der Waals surface area contributed by atoms with Crippen LogP contribution in [0.3, 0.4) is 0 Å². The molecule has 0 aliphatic heterocycles. The number of rotatable bonds is 6. The number of methoxy groups -OCH3 is 2. The van der Waals surface area contributed by atoms with Crippen LogP contribution in [0, 0.1) is 11.6 Å². The molecule has 0 saturated heterocycles. The number of hydrogen-bond acceptors (Lipinski definition) is 5. The van der Waals surface area contributed by atoms with Gasteiger partial charge in [0.2, 0.25) is 5.91 Å². The molecule has 0 saturated carbocycles. The highest BCUT2D eigenvalue weighted by molar-refractivity contribution is 5.92. The lowest BCUT2D eigenvalue weighted by Crippen LogP contribution is -2.14. The Morgan fingerprint density at radius 3 is 2.52 bits per heavy atom. The van der Waals surface area contributed by atoms with Crippen molar-refractivity contribution >= 4 is 11.6 Å². The van der Waals surface area contributed by atoms with Gasteiger partial charge in [0.25, 0.3) is 0 Å². The summed E-state index contributed by atoms with van der Waals surface area (Å²) in [5.74, 6) is -0.898. The number of carbonyl (C=O) groups excluding carboxylic acids is 1. The van der Waals surface area contributed by atoms with Crippen LogP contribution in [0.2, 0.25) is 0 Å². The molecule has 1 amide bonds. The molecule has 1 aromatic heterocycles. The molecule has 1 N–H and O–H groups in total. The number of aromatic nitrogens is 1. The van der Waals surface area contributed by atoms with Gasteiger partial charge < -0.3 is 19.3 Å². The number of anilines is 1. The lowest BCUT2D eigenvalue weighted by Gasteiger charge is -2.07. The van der Waals surface area contributed by atoms with E-state index >= 15 is 0 Å². The molecule has 0 fully saturated rings. The van der Waals surface area contributed by atoms with Gasteiger partial charge in [-0.3, -0.25) is 4.79 Å². The number of nitrogens with one attached hydrogen (secondary N) is 1. The molecule has 0 spiro atoms. The summed E-state index contributed by atoms with van der Waals surface area (Å²) in [6, 6.07) is 9.96. The van der Waals surface area contributed by atoms with Crippen LogP contribution in [0.4, 0.5) is 14.5 Å². The number of halogens is 2. The van der Waals surface area contributed by atoms with Crippen molar-refractivity contribution in [3.63, 3.8) is 0 Å². The van der Waals surface area contributed by atoms with Gasteiger partial charge in [0.1, 0.15) is 0 Å². The zero-order chi connectivity index (χ0) is 19.4. The molecule has 1 heterocycles. The van der Waals surface area contributed by atoms with Gasteiger partial charge in [0.05, 0.1) is 26.3 Å². The van der Waals surface area contributed by atoms with Gasteiger partial charge in [0, 0.05) is 23.4 Å². The Bertz CT molecular complexity index is 972. The van der Waals surface area contributed by atoms with Crippen molar-refractivity contribution in [2.24, 2.45) is 0 Å². The lowest BCUT2D eigenvalue weighted by molar-refractivity contribution is -0.115. The summed E-state index contributed by atoms with van der Waals surface area (Å²) in [6.07, 6.45) is -0.0875. The molecular formula is C19H16F2N2O4. The zero-order valence-electron chi connectivity index (χ0n) is 14.6. The monoisotopic (exact) mass is 374 g/mol. The number of amides is 1. The molecule has 0 unspecified atom stereocenters. The normalized spacial score (nSPS) is 10.5. The standard InChI is InChI=1S/C19H16F2N2O4/c1-25-16-6-3-11(7-18(16)26-2)17-9-13(23-27-17)10-19(24)22-12-4-5-14(20)15(21)8-12/h3-9H,10H2,1-2H3,(H,22,24). The summed E-state index contributed by atoms with van der Waals surface area (Å²) < 4.78 is 41.8. The van der Waals surface area contributed by atoms with Crippen LogP contribution in [0.1, 0.15) is 5.69 Å². The van der Waals surface area contributed by atoms with E-state index in [4.69, 9.17) is 14.0 Å². The van der Waals surface area contributed by atoms with Gasteiger partial charge in [0.15, 0.2) is 28.9 Å². The minimum atomic E-state index is -1.04. The third-order valence-corrected chi connectivity index (χ3v) is 3.77. The average molecular weight is 374 g/mol. The van der Waals surface area contributed by atoms with Gasteiger partial charge in [-0.1, -0.05) is 5.16 Å². The summed E-state index contributed by atoms with van der Waals surface area (Å²) in [4.78, 5) is 12.1. The second-order valence-electron chi connectivity index (χ2n) is 5.61. The predicted octanol–water partition coefficient (Wildman–Crippen LogP) is 3.82. The van der Waals surface area contributed by atoms with Crippen LogP contribution < -0.4 is 14.8 Å². The summed E-state index contributed by atoms with van der Waals surface area (Å²) in [6.45, 7) is 0. The van der Waals surface area contributed by atoms with Crippen LogP contribution in [0.15, 0.2) is 47.0 Å². The largest absolute Gasteiger partial charge is 0.493 e. The summed E-state index contributed by atoms with van der Waals surface area (Å²) in [5.41, 5.74) is 1.25. The SMILES string of the molecule is COc1ccc(-c2cc(CC(=O)Nc3ccc(F)c(F)c3)no2)cc1OC. The van der Waals surface area contributed by atoms with Crippen molar-refractivity contribution in [1.82, 2.24) is 5.16 Å². The van der Waals surface area contributed by atoms with E-state index in [-0.39, 0.29) is 12.1 Å². The van der Waals surface area contributed by atoms with Crippen LogP contribution in [-0.4, -0.2) is 25.3 Å². The van der Waals surface area contributed by atoms with E-state index in [1.165, 1.54) is 20.3 Å². The molecule has 0 radical (unpaired) electrons. The molecule has 3 rings (SSSR count). The molecule has 6 nitrogen and oxygen atoms in total. The average Bonchev–Trinajstić information content (AvgIpc) is 3.12. The molecule has 0 aliphatic carbocycles. The fraction of sp³-hybridized carbons (Fsp3) is 0.158. The number of benzene rings is 2. The fourth-order valence-corrected chi connectivity index (χ4v) is 2.46. The van der Waals surface area contributed by atoms with Gasteiger partial charge in [-0.25, -0.2) is 8.78 Å². The van der Waals surface area contributed by atoms with E-state index in [0.717, 1.165) is 12.1 Å². The van der Waals surface area contributed by atoms with Crippen molar-refractivity contribution in [1.29, 1.82) is 0 Å². The zero-order valence-corrected chi connectivity index (χ0v) is 14.6. The first kappa shape index (κ1) is 18.4.